The van der Waals surface area contributed by atoms with Gasteiger partial charge in [0.25, 0.3) is 0 Å². The number of carbonyl (C=O) groups is 1. The fourth-order valence-electron chi connectivity index (χ4n) is 0.547. The van der Waals surface area contributed by atoms with Gasteiger partial charge >= 0.3 is 0 Å². The molecule has 0 aromatic carbocycles. The Morgan fingerprint density at radius 1 is 1.60 bits per heavy atom. The van der Waals surface area contributed by atoms with Crippen LogP contribution in [-0.4, -0.2) is 11.6 Å². The predicted molar refractivity (Wildman–Crippen MR) is 39.7 cm³/mol. The molecule has 0 aromatic rings. The molecule has 0 aliphatic heterocycles. The molecule has 0 saturated carbocycles. The highest BCUT2D eigenvalue weighted by molar-refractivity contribution is 5.91. The topological polar surface area (TPSA) is 95.1 Å². The molecule has 0 spiro atoms. The molecule has 0 unspecified atom stereocenters. The number of rotatable bonds is 3. The standard InChI is InChI=1S/C6H13N3O/c1-4(5(7)10)3-6(2,8)9/h1,3,8-9H2,2H3,(H2,7,10). The monoisotopic (exact) mass is 143 g/mol. The Morgan fingerprint density at radius 3 is 2.10 bits per heavy atom. The second kappa shape index (κ2) is 2.81. The minimum absolute atomic E-state index is 0.225. The maximum Gasteiger partial charge on any atom is 0.244 e. The smallest absolute Gasteiger partial charge is 0.244 e. The molecule has 58 valence electrons. The highest BCUT2D eigenvalue weighted by Crippen LogP contribution is 2.04. The molecule has 0 bridgehead atoms. The molecular formula is C6H13N3O. The van der Waals surface area contributed by atoms with E-state index in [9.17, 15) is 4.79 Å². The second-order valence-electron chi connectivity index (χ2n) is 2.65. The van der Waals surface area contributed by atoms with Crippen LogP contribution < -0.4 is 17.2 Å². The Morgan fingerprint density at radius 2 is 2.00 bits per heavy atom. The van der Waals surface area contributed by atoms with Gasteiger partial charge in [-0.05, 0) is 6.92 Å². The summed E-state index contributed by atoms with van der Waals surface area (Å²) in [7, 11) is 0. The zero-order valence-electron chi connectivity index (χ0n) is 6.05. The van der Waals surface area contributed by atoms with E-state index in [1.165, 1.54) is 0 Å². The van der Waals surface area contributed by atoms with Gasteiger partial charge in [-0.15, -0.1) is 0 Å². The van der Waals surface area contributed by atoms with E-state index in [0.29, 0.717) is 0 Å². The molecule has 0 saturated heterocycles. The van der Waals surface area contributed by atoms with Crippen molar-refractivity contribution in [3.8, 4) is 0 Å². The number of primary amides is 1. The van der Waals surface area contributed by atoms with E-state index in [4.69, 9.17) is 17.2 Å². The predicted octanol–water partition coefficient (Wildman–Crippen LogP) is -0.948. The lowest BCUT2D eigenvalue weighted by Gasteiger charge is -2.17. The summed E-state index contributed by atoms with van der Waals surface area (Å²) >= 11 is 0. The molecule has 10 heavy (non-hydrogen) atoms. The van der Waals surface area contributed by atoms with Gasteiger partial charge in [0.1, 0.15) is 0 Å². The Labute approximate surface area is 60.1 Å². The van der Waals surface area contributed by atoms with Crippen molar-refractivity contribution in [3.05, 3.63) is 12.2 Å². The maximum atomic E-state index is 10.4. The molecule has 0 aliphatic carbocycles. The summed E-state index contributed by atoms with van der Waals surface area (Å²) in [6, 6.07) is 0. The lowest BCUT2D eigenvalue weighted by atomic mass is 10.0. The third-order valence-corrected chi connectivity index (χ3v) is 0.943. The summed E-state index contributed by atoms with van der Waals surface area (Å²) in [4.78, 5) is 10.4. The molecule has 4 nitrogen and oxygen atoms in total. The largest absolute Gasteiger partial charge is 0.366 e. The summed E-state index contributed by atoms with van der Waals surface area (Å²) in [5.74, 6) is -0.554. The quantitative estimate of drug-likeness (QED) is 0.351. The van der Waals surface area contributed by atoms with Crippen LogP contribution in [0.5, 0.6) is 0 Å². The van der Waals surface area contributed by atoms with Crippen molar-refractivity contribution in [1.82, 2.24) is 0 Å². The first-order valence-electron chi connectivity index (χ1n) is 2.88. The van der Waals surface area contributed by atoms with Crippen LogP contribution in [0.3, 0.4) is 0 Å². The van der Waals surface area contributed by atoms with Crippen LogP contribution in [-0.2, 0) is 4.79 Å². The zero-order chi connectivity index (χ0) is 8.36. The molecule has 0 atom stereocenters. The zero-order valence-corrected chi connectivity index (χ0v) is 6.05. The van der Waals surface area contributed by atoms with Crippen molar-refractivity contribution in [2.45, 2.75) is 19.0 Å². The maximum absolute atomic E-state index is 10.4. The van der Waals surface area contributed by atoms with Crippen molar-refractivity contribution in [1.29, 1.82) is 0 Å². The number of nitrogens with two attached hydrogens (primary N) is 3. The second-order valence-corrected chi connectivity index (χ2v) is 2.65. The van der Waals surface area contributed by atoms with E-state index >= 15 is 0 Å². The lowest BCUT2D eigenvalue weighted by molar-refractivity contribution is -0.114. The van der Waals surface area contributed by atoms with Crippen molar-refractivity contribution in [2.24, 2.45) is 17.2 Å². The molecule has 0 heterocycles. The van der Waals surface area contributed by atoms with E-state index < -0.39 is 11.6 Å². The Hall–Kier alpha value is -0.870. The van der Waals surface area contributed by atoms with Crippen LogP contribution in [0.2, 0.25) is 0 Å². The van der Waals surface area contributed by atoms with Gasteiger partial charge in [0.15, 0.2) is 0 Å². The average Bonchev–Trinajstić information content (AvgIpc) is 1.60. The molecule has 0 aromatic heterocycles. The van der Waals surface area contributed by atoms with Gasteiger partial charge in [0.2, 0.25) is 5.91 Å². The fraction of sp³-hybridized carbons (Fsp3) is 0.500. The third-order valence-electron chi connectivity index (χ3n) is 0.943. The van der Waals surface area contributed by atoms with E-state index in [1.807, 2.05) is 0 Å². The van der Waals surface area contributed by atoms with Gasteiger partial charge in [-0.3, -0.25) is 4.79 Å². The van der Waals surface area contributed by atoms with Crippen LogP contribution >= 0.6 is 0 Å². The third kappa shape index (κ3) is 4.05. The van der Waals surface area contributed by atoms with Crippen molar-refractivity contribution >= 4 is 5.91 Å². The van der Waals surface area contributed by atoms with Crippen LogP contribution in [0, 0.1) is 0 Å². The molecule has 0 radical (unpaired) electrons. The summed E-state index contributed by atoms with van der Waals surface area (Å²) in [5.41, 5.74) is 15.0. The SMILES string of the molecule is C=C(CC(C)(N)N)C(N)=O. The molecular weight excluding hydrogens is 130 g/mol. The van der Waals surface area contributed by atoms with E-state index in [-0.39, 0.29) is 12.0 Å². The Kier molecular flexibility index (Phi) is 2.56. The highest BCUT2D eigenvalue weighted by atomic mass is 16.1. The first kappa shape index (κ1) is 9.13. The number of hydrogen-bond donors (Lipinski definition) is 3. The van der Waals surface area contributed by atoms with Crippen LogP contribution in [0.1, 0.15) is 13.3 Å². The van der Waals surface area contributed by atoms with Gasteiger partial charge in [0, 0.05) is 12.0 Å². The van der Waals surface area contributed by atoms with Crippen molar-refractivity contribution in [2.75, 3.05) is 0 Å². The summed E-state index contributed by atoms with van der Waals surface area (Å²) in [5, 5.41) is 0. The molecule has 1 amide bonds. The van der Waals surface area contributed by atoms with E-state index in [0.717, 1.165) is 0 Å². The minimum atomic E-state index is -0.897. The first-order chi connectivity index (χ1) is 4.33. The van der Waals surface area contributed by atoms with Gasteiger partial charge in [-0.25, -0.2) is 0 Å². The fourth-order valence-corrected chi connectivity index (χ4v) is 0.547. The average molecular weight is 143 g/mol. The number of amides is 1. The summed E-state index contributed by atoms with van der Waals surface area (Å²) in [6.07, 6.45) is 0.225. The molecule has 0 aliphatic rings. The minimum Gasteiger partial charge on any atom is -0.366 e. The molecule has 4 heteroatoms. The van der Waals surface area contributed by atoms with Crippen molar-refractivity contribution < 1.29 is 4.79 Å². The Bertz CT molecular complexity index is 157. The number of hydrogen-bond acceptors (Lipinski definition) is 3. The summed E-state index contributed by atoms with van der Waals surface area (Å²) in [6.45, 7) is 5.00. The van der Waals surface area contributed by atoms with Gasteiger partial charge in [0.05, 0.1) is 5.66 Å². The number of carbonyl (C=O) groups excluding carboxylic acids is 1. The van der Waals surface area contributed by atoms with Gasteiger partial charge < -0.3 is 17.2 Å². The van der Waals surface area contributed by atoms with Crippen LogP contribution in [0.4, 0.5) is 0 Å². The van der Waals surface area contributed by atoms with Gasteiger partial charge in [-0.1, -0.05) is 6.58 Å². The first-order valence-corrected chi connectivity index (χ1v) is 2.88. The van der Waals surface area contributed by atoms with Gasteiger partial charge in [-0.2, -0.15) is 0 Å². The summed E-state index contributed by atoms with van der Waals surface area (Å²) < 4.78 is 0. The molecule has 6 N–H and O–H groups in total. The molecule has 0 rings (SSSR count). The van der Waals surface area contributed by atoms with Crippen LogP contribution in [0.25, 0.3) is 0 Å². The van der Waals surface area contributed by atoms with E-state index in [1.54, 1.807) is 6.92 Å². The highest BCUT2D eigenvalue weighted by Gasteiger charge is 2.15. The lowest BCUT2D eigenvalue weighted by Crippen LogP contribution is -2.47. The van der Waals surface area contributed by atoms with Crippen molar-refractivity contribution in [3.63, 3.8) is 0 Å². The Balaban J connectivity index is 3.93. The van der Waals surface area contributed by atoms with Crippen LogP contribution in [0.15, 0.2) is 12.2 Å². The normalized spacial score (nSPS) is 11.1. The van der Waals surface area contributed by atoms with E-state index in [2.05, 4.69) is 6.58 Å². The molecule has 0 fully saturated rings.